The van der Waals surface area contributed by atoms with Gasteiger partial charge in [0.15, 0.2) is 0 Å². The normalized spacial score (nSPS) is 13.8. The number of carbonyl (C=O) groups excluding carboxylic acids is 2. The molecule has 3 rings (SSSR count). The van der Waals surface area contributed by atoms with Crippen molar-refractivity contribution >= 4 is 44.9 Å². The Labute approximate surface area is 129 Å². The Kier molecular flexibility index (Phi) is 3.36. The lowest BCUT2D eigenvalue weighted by Crippen LogP contribution is -2.29. The zero-order valence-electron chi connectivity index (χ0n) is 10.3. The second-order valence-electron chi connectivity index (χ2n) is 4.47. The average Bonchev–Trinajstić information content (AvgIpc) is 2.67. The van der Waals surface area contributed by atoms with Crippen molar-refractivity contribution in [1.29, 1.82) is 0 Å². The van der Waals surface area contributed by atoms with E-state index in [0.717, 1.165) is 10.0 Å². The molecule has 0 N–H and O–H groups in total. The van der Waals surface area contributed by atoms with E-state index in [1.165, 1.54) is 4.90 Å². The first-order chi connectivity index (χ1) is 9.58. The Balaban J connectivity index is 1.99. The number of hydrogen-bond donors (Lipinski definition) is 0. The molecule has 1 amide bonds. The first kappa shape index (κ1) is 13.3. The zero-order valence-corrected chi connectivity index (χ0v) is 12.6. The number of halogens is 2. The van der Waals surface area contributed by atoms with Gasteiger partial charge in [-0.05, 0) is 29.8 Å². The van der Waals surface area contributed by atoms with Crippen LogP contribution >= 0.6 is 27.5 Å². The molecule has 1 aliphatic rings. The van der Waals surface area contributed by atoms with E-state index in [0.29, 0.717) is 16.3 Å². The van der Waals surface area contributed by atoms with Crippen LogP contribution in [0.4, 0.5) is 5.69 Å². The summed E-state index contributed by atoms with van der Waals surface area (Å²) in [5.74, 6) is -0.973. The summed E-state index contributed by atoms with van der Waals surface area (Å²) < 4.78 is 0.871. The van der Waals surface area contributed by atoms with Gasteiger partial charge in [-0.15, -0.1) is 0 Å². The molecule has 0 saturated carbocycles. The van der Waals surface area contributed by atoms with Gasteiger partial charge in [0.2, 0.25) is 0 Å². The summed E-state index contributed by atoms with van der Waals surface area (Å²) in [7, 11) is 0. The molecule has 0 bridgehead atoms. The minimum absolute atomic E-state index is 0.285. The van der Waals surface area contributed by atoms with Crippen LogP contribution in [0.3, 0.4) is 0 Å². The van der Waals surface area contributed by atoms with Crippen LogP contribution in [0.15, 0.2) is 46.9 Å². The fourth-order valence-corrected chi connectivity index (χ4v) is 2.96. The number of carbonyl (C=O) groups is 2. The van der Waals surface area contributed by atoms with Crippen LogP contribution in [0.2, 0.25) is 5.02 Å². The molecule has 0 radical (unpaired) electrons. The third-order valence-corrected chi connectivity index (χ3v) is 4.07. The van der Waals surface area contributed by atoms with Crippen LogP contribution < -0.4 is 4.90 Å². The molecule has 2 aromatic carbocycles. The maximum absolute atomic E-state index is 12.1. The maximum Gasteiger partial charge on any atom is 0.299 e. The fourth-order valence-electron chi connectivity index (χ4n) is 2.23. The standard InChI is InChI=1S/C15H9BrClNO2/c16-10-6-5-9(12(17)7-10)8-18-13-4-2-1-3-11(13)14(19)15(18)20/h1-7H,8H2. The number of amides is 1. The smallest absolute Gasteiger partial charge is 0.299 e. The second-order valence-corrected chi connectivity index (χ2v) is 5.80. The van der Waals surface area contributed by atoms with Crippen LogP contribution in [-0.4, -0.2) is 11.7 Å². The molecule has 0 aromatic heterocycles. The van der Waals surface area contributed by atoms with E-state index in [9.17, 15) is 9.59 Å². The third kappa shape index (κ3) is 2.15. The predicted molar refractivity (Wildman–Crippen MR) is 81.1 cm³/mol. The third-order valence-electron chi connectivity index (χ3n) is 3.22. The number of benzene rings is 2. The first-order valence-electron chi connectivity index (χ1n) is 5.97. The van der Waals surface area contributed by atoms with E-state index in [2.05, 4.69) is 15.9 Å². The molecule has 0 unspecified atom stereocenters. The Morgan fingerprint density at radius 1 is 1.10 bits per heavy atom. The van der Waals surface area contributed by atoms with Crippen LogP contribution in [0.25, 0.3) is 0 Å². The molecular formula is C15H9BrClNO2. The summed E-state index contributed by atoms with van der Waals surface area (Å²) in [4.78, 5) is 25.4. The van der Waals surface area contributed by atoms with Gasteiger partial charge in [0.25, 0.3) is 11.7 Å². The van der Waals surface area contributed by atoms with Gasteiger partial charge in [0.1, 0.15) is 0 Å². The summed E-state index contributed by atoms with van der Waals surface area (Å²) in [5.41, 5.74) is 1.89. The molecule has 1 heterocycles. The lowest BCUT2D eigenvalue weighted by Gasteiger charge is -2.17. The highest BCUT2D eigenvalue weighted by molar-refractivity contribution is 9.10. The number of ketones is 1. The highest BCUT2D eigenvalue weighted by Gasteiger charge is 2.35. The van der Waals surface area contributed by atoms with E-state index in [1.807, 2.05) is 12.1 Å². The van der Waals surface area contributed by atoms with Gasteiger partial charge in [0, 0.05) is 9.50 Å². The quantitative estimate of drug-likeness (QED) is 0.772. The van der Waals surface area contributed by atoms with E-state index in [1.54, 1.807) is 30.3 Å². The van der Waals surface area contributed by atoms with Gasteiger partial charge in [0.05, 0.1) is 17.8 Å². The van der Waals surface area contributed by atoms with Crippen molar-refractivity contribution in [2.45, 2.75) is 6.54 Å². The molecule has 5 heteroatoms. The van der Waals surface area contributed by atoms with Gasteiger partial charge in [-0.1, -0.05) is 45.7 Å². The monoisotopic (exact) mass is 349 g/mol. The minimum atomic E-state index is -0.509. The van der Waals surface area contributed by atoms with Gasteiger partial charge in [-0.3, -0.25) is 9.59 Å². The lowest BCUT2D eigenvalue weighted by atomic mass is 10.1. The Morgan fingerprint density at radius 3 is 2.60 bits per heavy atom. The van der Waals surface area contributed by atoms with Crippen molar-refractivity contribution in [3.05, 3.63) is 63.1 Å². The van der Waals surface area contributed by atoms with Crippen LogP contribution in [-0.2, 0) is 11.3 Å². The Bertz CT molecular complexity index is 730. The summed E-state index contributed by atoms with van der Waals surface area (Å²) >= 11 is 9.50. The molecule has 0 spiro atoms. The number of anilines is 1. The van der Waals surface area contributed by atoms with E-state index in [-0.39, 0.29) is 6.54 Å². The highest BCUT2D eigenvalue weighted by Crippen LogP contribution is 2.31. The number of nitrogens with zero attached hydrogens (tertiary/aromatic N) is 1. The number of para-hydroxylation sites is 1. The molecular weight excluding hydrogens is 342 g/mol. The number of rotatable bonds is 2. The van der Waals surface area contributed by atoms with Crippen LogP contribution in [0.5, 0.6) is 0 Å². The van der Waals surface area contributed by atoms with E-state index < -0.39 is 11.7 Å². The van der Waals surface area contributed by atoms with Gasteiger partial charge in [-0.2, -0.15) is 0 Å². The topological polar surface area (TPSA) is 37.4 Å². The van der Waals surface area contributed by atoms with Gasteiger partial charge < -0.3 is 4.90 Å². The largest absolute Gasteiger partial charge is 0.300 e. The van der Waals surface area contributed by atoms with E-state index in [4.69, 9.17) is 11.6 Å². The lowest BCUT2D eigenvalue weighted by molar-refractivity contribution is -0.114. The van der Waals surface area contributed by atoms with Crippen LogP contribution in [0.1, 0.15) is 15.9 Å². The summed E-state index contributed by atoms with van der Waals surface area (Å²) in [6.45, 7) is 0.285. The van der Waals surface area contributed by atoms with Crippen molar-refractivity contribution in [3.8, 4) is 0 Å². The molecule has 1 aliphatic heterocycles. The van der Waals surface area contributed by atoms with Crippen molar-refractivity contribution in [2.75, 3.05) is 4.90 Å². The maximum atomic E-state index is 12.1. The zero-order chi connectivity index (χ0) is 14.3. The van der Waals surface area contributed by atoms with Crippen molar-refractivity contribution in [3.63, 3.8) is 0 Å². The van der Waals surface area contributed by atoms with E-state index >= 15 is 0 Å². The summed E-state index contributed by atoms with van der Waals surface area (Å²) in [5, 5.41) is 0.559. The molecule has 2 aromatic rings. The van der Waals surface area contributed by atoms with Crippen LogP contribution in [0, 0.1) is 0 Å². The Morgan fingerprint density at radius 2 is 1.85 bits per heavy atom. The molecule has 3 nitrogen and oxygen atoms in total. The van der Waals surface area contributed by atoms with Gasteiger partial charge in [-0.25, -0.2) is 0 Å². The number of Topliss-reactive ketones (excluding diaryl/α,β-unsaturated/α-hetero) is 1. The van der Waals surface area contributed by atoms with Crippen molar-refractivity contribution < 1.29 is 9.59 Å². The molecule has 0 saturated heterocycles. The highest BCUT2D eigenvalue weighted by atomic mass is 79.9. The fraction of sp³-hybridized carbons (Fsp3) is 0.0667. The number of hydrogen-bond acceptors (Lipinski definition) is 2. The average molecular weight is 351 g/mol. The molecule has 0 fully saturated rings. The molecule has 0 atom stereocenters. The van der Waals surface area contributed by atoms with Crippen molar-refractivity contribution in [1.82, 2.24) is 0 Å². The number of fused-ring (bicyclic) bond motifs is 1. The molecule has 0 aliphatic carbocycles. The predicted octanol–water partition coefficient (Wildman–Crippen LogP) is 3.83. The Hall–Kier alpha value is -1.65. The van der Waals surface area contributed by atoms with Gasteiger partial charge >= 0.3 is 0 Å². The molecule has 20 heavy (non-hydrogen) atoms. The summed E-state index contributed by atoms with van der Waals surface area (Å²) in [6, 6.07) is 12.5. The second kappa shape index (κ2) is 5.04. The minimum Gasteiger partial charge on any atom is -0.300 e. The molecule has 100 valence electrons. The SMILES string of the molecule is O=C1C(=O)N(Cc2ccc(Br)cc2Cl)c2ccccc21. The summed E-state index contributed by atoms with van der Waals surface area (Å²) in [6.07, 6.45) is 0. The van der Waals surface area contributed by atoms with Crippen molar-refractivity contribution in [2.24, 2.45) is 0 Å². The first-order valence-corrected chi connectivity index (χ1v) is 7.14.